The first kappa shape index (κ1) is 28.3. The summed E-state index contributed by atoms with van der Waals surface area (Å²) in [5, 5.41) is 23.5. The molecular formula is C26H21N11O6. The molecule has 8 amide bonds. The highest BCUT2D eigenvalue weighted by molar-refractivity contribution is 6.19. The number of benzene rings is 1. The van der Waals surface area contributed by atoms with Crippen molar-refractivity contribution < 1.29 is 28.8 Å². The second-order valence-electron chi connectivity index (χ2n) is 9.02. The molecule has 5 rings (SSSR count). The summed E-state index contributed by atoms with van der Waals surface area (Å²) in [5.74, 6) is -3.82. The molecule has 0 unspecified atom stereocenters. The minimum atomic E-state index is -1.65. The molecule has 17 nitrogen and oxygen atoms in total. The van der Waals surface area contributed by atoms with Crippen molar-refractivity contribution in [2.24, 2.45) is 20.5 Å². The van der Waals surface area contributed by atoms with Gasteiger partial charge in [0.25, 0.3) is 23.6 Å². The molecule has 17 heteroatoms. The predicted octanol–water partition coefficient (Wildman–Crippen LogP) is 1.32. The number of azo groups is 2. The van der Waals surface area contributed by atoms with Gasteiger partial charge in [-0.15, -0.1) is 0 Å². The van der Waals surface area contributed by atoms with Crippen LogP contribution in [-0.4, -0.2) is 57.7 Å². The zero-order valence-corrected chi connectivity index (χ0v) is 22.0. The lowest BCUT2D eigenvalue weighted by Crippen LogP contribution is -2.57. The van der Waals surface area contributed by atoms with E-state index in [1.54, 1.807) is 30.6 Å². The molecule has 4 heterocycles. The van der Waals surface area contributed by atoms with Gasteiger partial charge in [-0.05, 0) is 42.5 Å². The second kappa shape index (κ2) is 12.5. The van der Waals surface area contributed by atoms with E-state index in [2.05, 4.69) is 30.4 Å². The summed E-state index contributed by atoms with van der Waals surface area (Å²) >= 11 is 0. The standard InChI is InChI=1S/C26H21N11O6/c38-21-19(22(39)30-25(42)29-21)35-33-14-7-8-18(17(11-14)34-36-20-23(40)31-26(43)32-24(20)41)37(12-15-5-1-3-9-27-15)13-16-6-2-4-10-28-16/h1-11,19-20H,12-13H2,(H2,29,30,38,39,42)(H2,31,32,40,41,43). The fourth-order valence-electron chi connectivity index (χ4n) is 4.00. The van der Waals surface area contributed by atoms with Gasteiger partial charge in [-0.2, -0.15) is 20.5 Å². The summed E-state index contributed by atoms with van der Waals surface area (Å²) in [6, 6.07) is 10.2. The van der Waals surface area contributed by atoms with E-state index < -0.39 is 47.8 Å². The molecule has 1 aromatic carbocycles. The van der Waals surface area contributed by atoms with Gasteiger partial charge in [-0.25, -0.2) is 9.59 Å². The van der Waals surface area contributed by atoms with E-state index in [1.807, 2.05) is 50.4 Å². The smallest absolute Gasteiger partial charge is 0.328 e. The number of carbonyl (C=O) groups is 6. The highest BCUT2D eigenvalue weighted by Crippen LogP contribution is 2.35. The molecule has 2 aliphatic heterocycles. The molecule has 0 aliphatic carbocycles. The maximum absolute atomic E-state index is 12.3. The Balaban J connectivity index is 1.53. The van der Waals surface area contributed by atoms with E-state index in [0.717, 1.165) is 0 Å². The first-order valence-electron chi connectivity index (χ1n) is 12.6. The number of aromatic nitrogens is 2. The van der Waals surface area contributed by atoms with Gasteiger partial charge in [-0.3, -0.25) is 50.4 Å². The highest BCUT2D eigenvalue weighted by atomic mass is 16.2. The molecule has 0 bridgehead atoms. The number of anilines is 1. The van der Waals surface area contributed by atoms with Crippen molar-refractivity contribution in [3.8, 4) is 0 Å². The Morgan fingerprint density at radius 2 is 1.12 bits per heavy atom. The van der Waals surface area contributed by atoms with Gasteiger partial charge >= 0.3 is 12.1 Å². The van der Waals surface area contributed by atoms with Crippen LogP contribution in [0.1, 0.15) is 11.4 Å². The molecule has 2 fully saturated rings. The van der Waals surface area contributed by atoms with Crippen molar-refractivity contribution in [2.75, 3.05) is 4.90 Å². The fraction of sp³-hybridized carbons (Fsp3) is 0.154. The van der Waals surface area contributed by atoms with Crippen molar-refractivity contribution in [3.63, 3.8) is 0 Å². The third-order valence-electron chi connectivity index (χ3n) is 5.97. The third-order valence-corrected chi connectivity index (χ3v) is 5.97. The van der Waals surface area contributed by atoms with Crippen molar-refractivity contribution in [3.05, 3.63) is 78.4 Å². The molecule has 4 N–H and O–H groups in total. The van der Waals surface area contributed by atoms with Crippen LogP contribution in [0.4, 0.5) is 26.7 Å². The minimum absolute atomic E-state index is 0.119. The maximum atomic E-state index is 12.3. The average molecular weight is 584 g/mol. The van der Waals surface area contributed by atoms with Gasteiger partial charge < -0.3 is 4.90 Å². The molecule has 2 saturated heterocycles. The first-order chi connectivity index (χ1) is 20.8. The predicted molar refractivity (Wildman–Crippen MR) is 145 cm³/mol. The van der Waals surface area contributed by atoms with Crippen LogP contribution in [-0.2, 0) is 32.3 Å². The molecule has 0 saturated carbocycles. The number of carbonyl (C=O) groups excluding carboxylic acids is 6. The highest BCUT2D eigenvalue weighted by Gasteiger charge is 2.35. The average Bonchev–Trinajstić information content (AvgIpc) is 2.97. The van der Waals surface area contributed by atoms with E-state index >= 15 is 0 Å². The summed E-state index contributed by atoms with van der Waals surface area (Å²) < 4.78 is 0. The Morgan fingerprint density at radius 3 is 1.58 bits per heavy atom. The normalized spacial score (nSPS) is 16.3. The van der Waals surface area contributed by atoms with E-state index in [0.29, 0.717) is 17.1 Å². The molecule has 3 aromatic rings. The van der Waals surface area contributed by atoms with Gasteiger partial charge in [0.2, 0.25) is 12.1 Å². The second-order valence-corrected chi connectivity index (χ2v) is 9.02. The molecular weight excluding hydrogens is 562 g/mol. The summed E-state index contributed by atoms with van der Waals surface area (Å²) in [6.07, 6.45) is 3.29. The number of rotatable bonds is 9. The number of urea groups is 2. The Labute approximate surface area is 241 Å². The number of pyridine rings is 2. The molecule has 0 radical (unpaired) electrons. The quantitative estimate of drug-likeness (QED) is 0.210. The van der Waals surface area contributed by atoms with Gasteiger partial charge in [-0.1, -0.05) is 12.1 Å². The Kier molecular flexibility index (Phi) is 8.22. The number of nitrogens with one attached hydrogen (secondary N) is 4. The van der Waals surface area contributed by atoms with E-state index in [4.69, 9.17) is 0 Å². The lowest BCUT2D eigenvalue weighted by atomic mass is 10.2. The molecule has 0 atom stereocenters. The van der Waals surface area contributed by atoms with Gasteiger partial charge in [0, 0.05) is 12.4 Å². The maximum Gasteiger partial charge on any atom is 0.328 e. The topological polar surface area (TPSA) is 229 Å². The lowest BCUT2D eigenvalue weighted by Gasteiger charge is -2.25. The number of hydrogen-bond acceptors (Lipinski definition) is 13. The van der Waals surface area contributed by atoms with Crippen LogP contribution in [0, 0.1) is 0 Å². The van der Waals surface area contributed by atoms with Gasteiger partial charge in [0.05, 0.1) is 35.9 Å². The number of hydrogen-bond donors (Lipinski definition) is 4. The zero-order valence-electron chi connectivity index (χ0n) is 22.0. The summed E-state index contributed by atoms with van der Waals surface area (Å²) in [6.45, 7) is 0.576. The number of barbiturate groups is 2. The van der Waals surface area contributed by atoms with Crippen LogP contribution < -0.4 is 26.2 Å². The summed E-state index contributed by atoms with van der Waals surface area (Å²) in [7, 11) is 0. The van der Waals surface area contributed by atoms with Crippen LogP contribution >= 0.6 is 0 Å². The SMILES string of the molecule is O=C1NC(=O)C(N=Nc2ccc(N(Cc3ccccn3)Cc3ccccn3)c(N=NC3C(=O)NC(=O)NC3=O)c2)C(=O)N1. The van der Waals surface area contributed by atoms with Crippen LogP contribution in [0.3, 0.4) is 0 Å². The van der Waals surface area contributed by atoms with E-state index in [-0.39, 0.29) is 24.5 Å². The molecule has 216 valence electrons. The Hall–Kier alpha value is -6.26. The monoisotopic (exact) mass is 583 g/mol. The van der Waals surface area contributed by atoms with Crippen molar-refractivity contribution in [2.45, 2.75) is 25.2 Å². The molecule has 2 aromatic heterocycles. The van der Waals surface area contributed by atoms with Crippen LogP contribution in [0.5, 0.6) is 0 Å². The summed E-state index contributed by atoms with van der Waals surface area (Å²) in [4.78, 5) is 82.1. The Bertz CT molecular complexity index is 1580. The molecule has 0 spiro atoms. The zero-order chi connectivity index (χ0) is 30.3. The summed E-state index contributed by atoms with van der Waals surface area (Å²) in [5.41, 5.74) is 2.12. The van der Waals surface area contributed by atoms with E-state index in [9.17, 15) is 28.8 Å². The lowest BCUT2D eigenvalue weighted by molar-refractivity contribution is -0.133. The number of nitrogens with zero attached hydrogens (tertiary/aromatic N) is 7. The first-order valence-corrected chi connectivity index (χ1v) is 12.6. The van der Waals surface area contributed by atoms with Crippen LogP contribution in [0.2, 0.25) is 0 Å². The van der Waals surface area contributed by atoms with Crippen LogP contribution in [0.15, 0.2) is 87.4 Å². The van der Waals surface area contributed by atoms with Crippen LogP contribution in [0.25, 0.3) is 0 Å². The Morgan fingerprint density at radius 1 is 0.628 bits per heavy atom. The van der Waals surface area contributed by atoms with E-state index in [1.165, 1.54) is 12.1 Å². The largest absolute Gasteiger partial charge is 0.358 e. The minimum Gasteiger partial charge on any atom is -0.358 e. The fourth-order valence-corrected chi connectivity index (χ4v) is 4.00. The molecule has 43 heavy (non-hydrogen) atoms. The number of imide groups is 4. The van der Waals surface area contributed by atoms with Gasteiger partial charge in [0.1, 0.15) is 5.69 Å². The van der Waals surface area contributed by atoms with Crippen molar-refractivity contribution in [1.82, 2.24) is 31.2 Å². The van der Waals surface area contributed by atoms with Crippen molar-refractivity contribution >= 4 is 52.8 Å². The number of amides is 8. The van der Waals surface area contributed by atoms with Crippen molar-refractivity contribution in [1.29, 1.82) is 0 Å². The third kappa shape index (κ3) is 6.91. The van der Waals surface area contributed by atoms with Gasteiger partial charge in [0.15, 0.2) is 0 Å². The molecule has 2 aliphatic rings.